The Morgan fingerprint density at radius 1 is 1.24 bits per heavy atom. The van der Waals surface area contributed by atoms with E-state index in [4.69, 9.17) is 9.47 Å². The minimum atomic E-state index is 0.0517. The molecule has 0 fully saturated rings. The maximum Gasteiger partial charge on any atom is 0.246 e. The first-order valence-electron chi connectivity index (χ1n) is 8.65. The Bertz CT molecular complexity index is 577. The minimum Gasteiger partial charge on any atom is -0.382 e. The lowest BCUT2D eigenvalue weighted by atomic mass is 10.2. The van der Waals surface area contributed by atoms with Crippen LogP contribution >= 0.6 is 0 Å². The van der Waals surface area contributed by atoms with Gasteiger partial charge in [-0.15, -0.1) is 0 Å². The number of nitrogens with zero attached hydrogens (tertiary/aromatic N) is 2. The Balaban J connectivity index is 1.66. The molecule has 2 N–H and O–H groups in total. The SMILES string of the molecule is CN=C(NCCCOCCOC)NCC(=O)N1CCc2ccccc21. The van der Waals surface area contributed by atoms with Crippen LogP contribution in [0.2, 0.25) is 0 Å². The average molecular weight is 348 g/mol. The van der Waals surface area contributed by atoms with E-state index in [0.29, 0.717) is 25.8 Å². The molecule has 0 radical (unpaired) electrons. The molecule has 1 heterocycles. The molecule has 7 nitrogen and oxygen atoms in total. The van der Waals surface area contributed by atoms with Crippen LogP contribution in [0.4, 0.5) is 5.69 Å². The molecule has 0 saturated heterocycles. The van der Waals surface area contributed by atoms with Crippen LogP contribution < -0.4 is 15.5 Å². The van der Waals surface area contributed by atoms with Crippen molar-refractivity contribution >= 4 is 17.6 Å². The summed E-state index contributed by atoms with van der Waals surface area (Å²) in [5.41, 5.74) is 2.25. The summed E-state index contributed by atoms with van der Waals surface area (Å²) in [6, 6.07) is 8.05. The second-order valence-electron chi connectivity index (χ2n) is 5.74. The molecule has 2 rings (SSSR count). The third kappa shape index (κ3) is 6.03. The Morgan fingerprint density at radius 3 is 2.88 bits per heavy atom. The van der Waals surface area contributed by atoms with Crippen LogP contribution in [0.5, 0.6) is 0 Å². The Hall–Kier alpha value is -2.12. The molecule has 138 valence electrons. The van der Waals surface area contributed by atoms with E-state index in [-0.39, 0.29) is 12.5 Å². The molecular weight excluding hydrogens is 320 g/mol. The molecule has 0 aliphatic carbocycles. The molecule has 0 bridgehead atoms. The van der Waals surface area contributed by atoms with E-state index < -0.39 is 0 Å². The molecule has 7 heteroatoms. The molecule has 25 heavy (non-hydrogen) atoms. The van der Waals surface area contributed by atoms with E-state index in [9.17, 15) is 4.79 Å². The van der Waals surface area contributed by atoms with Gasteiger partial charge in [-0.25, -0.2) is 0 Å². The van der Waals surface area contributed by atoms with Crippen molar-refractivity contribution in [2.45, 2.75) is 12.8 Å². The first-order chi connectivity index (χ1) is 12.3. The Kier molecular flexibility index (Phi) is 8.21. The largest absolute Gasteiger partial charge is 0.382 e. The van der Waals surface area contributed by atoms with Crippen molar-refractivity contribution < 1.29 is 14.3 Å². The highest BCUT2D eigenvalue weighted by Gasteiger charge is 2.23. The summed E-state index contributed by atoms with van der Waals surface area (Å²) in [5, 5.41) is 6.26. The van der Waals surface area contributed by atoms with E-state index in [0.717, 1.165) is 31.6 Å². The fourth-order valence-corrected chi connectivity index (χ4v) is 2.70. The lowest BCUT2D eigenvalue weighted by molar-refractivity contribution is -0.117. The van der Waals surface area contributed by atoms with Gasteiger partial charge in [-0.3, -0.25) is 9.79 Å². The number of amides is 1. The third-order valence-electron chi connectivity index (χ3n) is 4.01. The van der Waals surface area contributed by atoms with Gasteiger partial charge in [0.15, 0.2) is 5.96 Å². The minimum absolute atomic E-state index is 0.0517. The Labute approximate surface area is 149 Å². The third-order valence-corrected chi connectivity index (χ3v) is 4.01. The highest BCUT2D eigenvalue weighted by molar-refractivity contribution is 5.98. The summed E-state index contributed by atoms with van der Waals surface area (Å²) >= 11 is 0. The fraction of sp³-hybridized carbons (Fsp3) is 0.556. The van der Waals surface area contributed by atoms with Gasteiger partial charge in [-0.05, 0) is 24.5 Å². The van der Waals surface area contributed by atoms with Crippen molar-refractivity contribution in [3.63, 3.8) is 0 Å². The van der Waals surface area contributed by atoms with E-state index in [2.05, 4.69) is 21.7 Å². The van der Waals surface area contributed by atoms with Gasteiger partial charge in [0.1, 0.15) is 0 Å². The number of ether oxygens (including phenoxy) is 2. The van der Waals surface area contributed by atoms with Gasteiger partial charge >= 0.3 is 0 Å². The van der Waals surface area contributed by atoms with E-state index in [1.54, 1.807) is 14.2 Å². The van der Waals surface area contributed by atoms with Crippen LogP contribution in [0, 0.1) is 0 Å². The molecule has 1 aromatic carbocycles. The normalized spacial score (nSPS) is 13.7. The molecule has 0 atom stereocenters. The highest BCUT2D eigenvalue weighted by atomic mass is 16.5. The van der Waals surface area contributed by atoms with Gasteiger partial charge < -0.3 is 25.0 Å². The number of anilines is 1. The lowest BCUT2D eigenvalue weighted by Gasteiger charge is -2.18. The highest BCUT2D eigenvalue weighted by Crippen LogP contribution is 2.27. The zero-order valence-corrected chi connectivity index (χ0v) is 15.1. The van der Waals surface area contributed by atoms with Crippen LogP contribution in [0.3, 0.4) is 0 Å². The standard InChI is InChI=1S/C18H28N4O3/c1-19-18(20-9-5-11-25-13-12-24-2)21-14-17(23)22-10-8-15-6-3-4-7-16(15)22/h3-4,6-7H,5,8-14H2,1-2H3,(H2,19,20,21). The van der Waals surface area contributed by atoms with Crippen molar-refractivity contribution in [3.8, 4) is 0 Å². The predicted molar refractivity (Wildman–Crippen MR) is 99.2 cm³/mol. The molecule has 0 aromatic heterocycles. The summed E-state index contributed by atoms with van der Waals surface area (Å²) in [5.74, 6) is 0.675. The first-order valence-corrected chi connectivity index (χ1v) is 8.65. The number of benzene rings is 1. The second kappa shape index (κ2) is 10.7. The van der Waals surface area contributed by atoms with Crippen LogP contribution in [-0.2, 0) is 20.7 Å². The van der Waals surface area contributed by atoms with Crippen molar-refractivity contribution in [1.29, 1.82) is 0 Å². The monoisotopic (exact) mass is 348 g/mol. The summed E-state index contributed by atoms with van der Waals surface area (Å²) in [4.78, 5) is 18.4. The van der Waals surface area contributed by atoms with Gasteiger partial charge in [0.25, 0.3) is 0 Å². The van der Waals surface area contributed by atoms with Crippen LogP contribution in [0.25, 0.3) is 0 Å². The molecule has 0 spiro atoms. The van der Waals surface area contributed by atoms with Gasteiger partial charge in [0.2, 0.25) is 5.91 Å². The van der Waals surface area contributed by atoms with E-state index >= 15 is 0 Å². The molecule has 1 aliphatic heterocycles. The molecule has 1 aliphatic rings. The molecular formula is C18H28N4O3. The fourth-order valence-electron chi connectivity index (χ4n) is 2.70. The number of hydrogen-bond acceptors (Lipinski definition) is 4. The molecule has 0 unspecified atom stereocenters. The number of para-hydroxylation sites is 1. The predicted octanol–water partition coefficient (Wildman–Crippen LogP) is 0.794. The quantitative estimate of drug-likeness (QED) is 0.392. The molecule has 1 amide bonds. The number of methoxy groups -OCH3 is 1. The zero-order chi connectivity index (χ0) is 17.9. The maximum atomic E-state index is 12.5. The zero-order valence-electron chi connectivity index (χ0n) is 15.1. The van der Waals surface area contributed by atoms with Gasteiger partial charge in [-0.2, -0.15) is 0 Å². The van der Waals surface area contributed by atoms with E-state index in [1.165, 1.54) is 5.56 Å². The van der Waals surface area contributed by atoms with E-state index in [1.807, 2.05) is 23.1 Å². The number of guanidine groups is 1. The van der Waals surface area contributed by atoms with Crippen molar-refractivity contribution in [2.24, 2.45) is 4.99 Å². The molecule has 1 aromatic rings. The average Bonchev–Trinajstić information content (AvgIpc) is 3.07. The van der Waals surface area contributed by atoms with Gasteiger partial charge in [-0.1, -0.05) is 18.2 Å². The van der Waals surface area contributed by atoms with Crippen LogP contribution in [0.1, 0.15) is 12.0 Å². The first kappa shape index (κ1) is 19.2. The summed E-state index contributed by atoms with van der Waals surface area (Å²) in [6.45, 7) is 3.57. The Morgan fingerprint density at radius 2 is 2.08 bits per heavy atom. The van der Waals surface area contributed by atoms with Gasteiger partial charge in [0, 0.05) is 39.5 Å². The second-order valence-corrected chi connectivity index (χ2v) is 5.74. The number of aliphatic imine (C=N–C) groups is 1. The van der Waals surface area contributed by atoms with Crippen LogP contribution in [-0.4, -0.2) is 65.5 Å². The maximum absolute atomic E-state index is 12.5. The van der Waals surface area contributed by atoms with Crippen molar-refractivity contribution in [3.05, 3.63) is 29.8 Å². The smallest absolute Gasteiger partial charge is 0.246 e. The lowest BCUT2D eigenvalue weighted by Crippen LogP contribution is -2.44. The number of carbonyl (C=O) groups is 1. The summed E-state index contributed by atoms with van der Waals surface area (Å²) < 4.78 is 10.3. The van der Waals surface area contributed by atoms with Gasteiger partial charge in [0.05, 0.1) is 19.8 Å². The summed E-state index contributed by atoms with van der Waals surface area (Å²) in [7, 11) is 3.35. The van der Waals surface area contributed by atoms with Crippen LogP contribution in [0.15, 0.2) is 29.3 Å². The number of nitrogens with one attached hydrogen (secondary N) is 2. The van der Waals surface area contributed by atoms with Crippen molar-refractivity contribution in [1.82, 2.24) is 10.6 Å². The topological polar surface area (TPSA) is 75.2 Å². The molecule has 0 saturated carbocycles. The number of carbonyl (C=O) groups excluding carboxylic acids is 1. The summed E-state index contributed by atoms with van der Waals surface area (Å²) in [6.07, 6.45) is 1.77. The number of fused-ring (bicyclic) bond motifs is 1. The number of hydrogen-bond donors (Lipinski definition) is 2. The number of rotatable bonds is 9. The van der Waals surface area contributed by atoms with Crippen molar-refractivity contribution in [2.75, 3.05) is 58.5 Å².